The average molecular weight is 250 g/mol. The Labute approximate surface area is 100 Å². The summed E-state index contributed by atoms with van der Waals surface area (Å²) in [6.45, 7) is 9.61. The maximum absolute atomic E-state index is 11.6. The van der Waals surface area contributed by atoms with E-state index in [0.717, 1.165) is 6.54 Å². The summed E-state index contributed by atoms with van der Waals surface area (Å²) in [7, 11) is -0.991. The molecule has 0 atom stereocenters. The van der Waals surface area contributed by atoms with Crippen LogP contribution in [0.25, 0.3) is 0 Å². The molecule has 0 fully saturated rings. The molecular weight excluding hydrogens is 224 g/mol. The Morgan fingerprint density at radius 1 is 1.31 bits per heavy atom. The van der Waals surface area contributed by atoms with Gasteiger partial charge in [-0.2, -0.15) is 0 Å². The van der Waals surface area contributed by atoms with E-state index in [9.17, 15) is 8.42 Å². The molecule has 0 heterocycles. The van der Waals surface area contributed by atoms with Crippen LogP contribution < -0.4 is 5.73 Å². The Hall–Kier alpha value is -0.130. The summed E-state index contributed by atoms with van der Waals surface area (Å²) in [5.74, 6) is 0.224. The van der Waals surface area contributed by atoms with Gasteiger partial charge in [-0.25, -0.2) is 8.42 Å². The van der Waals surface area contributed by atoms with Crippen LogP contribution >= 0.6 is 0 Å². The normalized spacial score (nSPS) is 13.8. The van der Waals surface area contributed by atoms with Crippen molar-refractivity contribution < 1.29 is 8.42 Å². The fourth-order valence-electron chi connectivity index (χ4n) is 1.39. The predicted molar refractivity (Wildman–Crippen MR) is 69.3 cm³/mol. The molecule has 0 aliphatic heterocycles. The second kappa shape index (κ2) is 5.98. The molecule has 4 nitrogen and oxygen atoms in total. The third kappa shape index (κ3) is 5.82. The average Bonchev–Trinajstić information content (AvgIpc) is 2.14. The van der Waals surface area contributed by atoms with Crippen LogP contribution in [0, 0.1) is 5.41 Å². The van der Waals surface area contributed by atoms with E-state index in [-0.39, 0.29) is 16.4 Å². The molecular formula is C11H26N2O2S. The molecule has 16 heavy (non-hydrogen) atoms. The second-order valence-corrected chi connectivity index (χ2v) is 8.20. The molecule has 0 aromatic carbocycles. The van der Waals surface area contributed by atoms with Crippen LogP contribution in [0.5, 0.6) is 0 Å². The lowest BCUT2D eigenvalue weighted by Gasteiger charge is -2.29. The van der Waals surface area contributed by atoms with Crippen molar-refractivity contribution in [2.24, 2.45) is 11.1 Å². The maximum Gasteiger partial charge on any atom is 0.153 e. The van der Waals surface area contributed by atoms with Crippen LogP contribution in [0.3, 0.4) is 0 Å². The summed E-state index contributed by atoms with van der Waals surface area (Å²) < 4.78 is 23.2. The first-order valence-electron chi connectivity index (χ1n) is 5.71. The Morgan fingerprint density at radius 3 is 2.19 bits per heavy atom. The van der Waals surface area contributed by atoms with Gasteiger partial charge in [-0.05, 0) is 32.9 Å². The molecule has 0 spiro atoms. The van der Waals surface area contributed by atoms with Crippen molar-refractivity contribution in [1.82, 2.24) is 4.90 Å². The Balaban J connectivity index is 4.14. The van der Waals surface area contributed by atoms with Gasteiger partial charge < -0.3 is 10.6 Å². The molecule has 5 heteroatoms. The molecule has 0 bridgehead atoms. The van der Waals surface area contributed by atoms with E-state index in [1.54, 1.807) is 13.8 Å². The molecule has 0 aliphatic carbocycles. The number of nitrogens with zero attached hydrogens (tertiary/aromatic N) is 1. The molecule has 0 unspecified atom stereocenters. The summed E-state index contributed by atoms with van der Waals surface area (Å²) in [4.78, 5) is 2.03. The largest absolute Gasteiger partial charge is 0.330 e. The number of rotatable bonds is 7. The van der Waals surface area contributed by atoms with E-state index in [1.165, 1.54) is 0 Å². The fraction of sp³-hybridized carbons (Fsp3) is 1.00. The standard InChI is InChI=1S/C11H26N2O2S/c1-10(2)16(14,15)7-6-13(5)9-11(3,4)8-12/h10H,6-9,12H2,1-5H3. The minimum atomic E-state index is -2.93. The Kier molecular flexibility index (Phi) is 5.93. The zero-order valence-corrected chi connectivity index (χ0v) is 12.0. The summed E-state index contributed by atoms with van der Waals surface area (Å²) in [5.41, 5.74) is 5.68. The topological polar surface area (TPSA) is 63.4 Å². The van der Waals surface area contributed by atoms with Crippen LogP contribution in [-0.4, -0.2) is 51.0 Å². The highest BCUT2D eigenvalue weighted by atomic mass is 32.2. The number of sulfone groups is 1. The van der Waals surface area contributed by atoms with Gasteiger partial charge in [0.15, 0.2) is 9.84 Å². The maximum atomic E-state index is 11.6. The molecule has 0 aromatic heterocycles. The number of nitrogens with two attached hydrogens (primary N) is 1. The third-order valence-corrected chi connectivity index (χ3v) is 4.91. The van der Waals surface area contributed by atoms with E-state index in [1.807, 2.05) is 11.9 Å². The first-order chi connectivity index (χ1) is 7.10. The van der Waals surface area contributed by atoms with Crippen molar-refractivity contribution in [3.8, 4) is 0 Å². The van der Waals surface area contributed by atoms with Crippen LogP contribution in [0.4, 0.5) is 0 Å². The van der Waals surface area contributed by atoms with Crippen LogP contribution in [0.1, 0.15) is 27.7 Å². The highest BCUT2D eigenvalue weighted by Crippen LogP contribution is 2.13. The molecule has 0 saturated carbocycles. The molecule has 0 aliphatic rings. The van der Waals surface area contributed by atoms with Crippen molar-refractivity contribution in [2.45, 2.75) is 32.9 Å². The predicted octanol–water partition coefficient (Wildman–Crippen LogP) is 0.726. The lowest BCUT2D eigenvalue weighted by atomic mass is 9.93. The number of hydrogen-bond acceptors (Lipinski definition) is 4. The van der Waals surface area contributed by atoms with Crippen LogP contribution in [0.2, 0.25) is 0 Å². The molecule has 0 amide bonds. The summed E-state index contributed by atoms with van der Waals surface area (Å²) in [6.07, 6.45) is 0. The van der Waals surface area contributed by atoms with Gasteiger partial charge in [0.1, 0.15) is 0 Å². The first-order valence-corrected chi connectivity index (χ1v) is 7.42. The monoisotopic (exact) mass is 250 g/mol. The molecule has 2 N–H and O–H groups in total. The van der Waals surface area contributed by atoms with E-state index in [2.05, 4.69) is 13.8 Å². The van der Waals surface area contributed by atoms with Crippen molar-refractivity contribution in [3.63, 3.8) is 0 Å². The molecule has 0 radical (unpaired) electrons. The highest BCUT2D eigenvalue weighted by Gasteiger charge is 2.21. The van der Waals surface area contributed by atoms with E-state index in [0.29, 0.717) is 13.1 Å². The third-order valence-electron chi connectivity index (χ3n) is 2.73. The van der Waals surface area contributed by atoms with E-state index in [4.69, 9.17) is 5.73 Å². The van der Waals surface area contributed by atoms with Gasteiger partial charge in [0.2, 0.25) is 0 Å². The van der Waals surface area contributed by atoms with Gasteiger partial charge in [-0.1, -0.05) is 13.8 Å². The van der Waals surface area contributed by atoms with Crippen LogP contribution in [-0.2, 0) is 9.84 Å². The van der Waals surface area contributed by atoms with Gasteiger partial charge in [0, 0.05) is 13.1 Å². The van der Waals surface area contributed by atoms with E-state index < -0.39 is 9.84 Å². The zero-order chi connectivity index (χ0) is 13.0. The zero-order valence-electron chi connectivity index (χ0n) is 11.2. The SMILES string of the molecule is CC(C)S(=O)(=O)CCN(C)CC(C)(C)CN. The first kappa shape index (κ1) is 15.9. The smallest absolute Gasteiger partial charge is 0.153 e. The van der Waals surface area contributed by atoms with Gasteiger partial charge in [-0.15, -0.1) is 0 Å². The van der Waals surface area contributed by atoms with Gasteiger partial charge in [0.05, 0.1) is 11.0 Å². The minimum absolute atomic E-state index is 0.0380. The minimum Gasteiger partial charge on any atom is -0.330 e. The Bertz CT molecular complexity index is 297. The van der Waals surface area contributed by atoms with Gasteiger partial charge >= 0.3 is 0 Å². The summed E-state index contributed by atoms with van der Waals surface area (Å²) >= 11 is 0. The quantitative estimate of drug-likeness (QED) is 0.723. The molecule has 0 saturated heterocycles. The summed E-state index contributed by atoms with van der Waals surface area (Å²) in [5, 5.41) is -0.289. The van der Waals surface area contributed by atoms with Gasteiger partial charge in [0.25, 0.3) is 0 Å². The molecule has 0 aromatic rings. The van der Waals surface area contributed by atoms with Crippen molar-refractivity contribution >= 4 is 9.84 Å². The van der Waals surface area contributed by atoms with Crippen LogP contribution in [0.15, 0.2) is 0 Å². The number of hydrogen-bond donors (Lipinski definition) is 1. The second-order valence-electron chi connectivity index (χ2n) is 5.52. The molecule has 0 rings (SSSR count). The summed E-state index contributed by atoms with van der Waals surface area (Å²) in [6, 6.07) is 0. The molecule has 98 valence electrons. The van der Waals surface area contributed by atoms with Gasteiger partial charge in [-0.3, -0.25) is 0 Å². The Morgan fingerprint density at radius 2 is 1.81 bits per heavy atom. The lowest BCUT2D eigenvalue weighted by molar-refractivity contribution is 0.224. The van der Waals surface area contributed by atoms with E-state index >= 15 is 0 Å². The van der Waals surface area contributed by atoms with Crippen molar-refractivity contribution in [3.05, 3.63) is 0 Å². The van der Waals surface area contributed by atoms with Crippen molar-refractivity contribution in [2.75, 3.05) is 32.4 Å². The lowest BCUT2D eigenvalue weighted by Crippen LogP contribution is -2.39. The fourth-order valence-corrected chi connectivity index (χ4v) is 2.43. The highest BCUT2D eigenvalue weighted by molar-refractivity contribution is 7.92. The van der Waals surface area contributed by atoms with Crippen molar-refractivity contribution in [1.29, 1.82) is 0 Å².